The van der Waals surface area contributed by atoms with E-state index in [9.17, 15) is 13.2 Å². The van der Waals surface area contributed by atoms with Gasteiger partial charge in [-0.3, -0.25) is 0 Å². The summed E-state index contributed by atoms with van der Waals surface area (Å²) in [6.45, 7) is 0. The Morgan fingerprint density at radius 1 is 1.50 bits per heavy atom. The number of hydrogen-bond donors (Lipinski definition) is 2. The molecule has 1 fully saturated rings. The van der Waals surface area contributed by atoms with Crippen molar-refractivity contribution in [2.75, 3.05) is 0 Å². The van der Waals surface area contributed by atoms with Crippen LogP contribution >= 0.6 is 0 Å². The summed E-state index contributed by atoms with van der Waals surface area (Å²) < 4.78 is 25.3. The molecule has 6 nitrogen and oxygen atoms in total. The van der Waals surface area contributed by atoms with Crippen LogP contribution in [0, 0.1) is 0 Å². The van der Waals surface area contributed by atoms with Crippen molar-refractivity contribution < 1.29 is 17.5 Å². The fraction of sp³-hybridized carbons (Fsp3) is 0. The molecule has 0 radical (unpaired) electrons. The summed E-state index contributed by atoms with van der Waals surface area (Å²) in [6, 6.07) is -0.870. The lowest BCUT2D eigenvalue weighted by Gasteiger charge is -1.81. The standard InChI is InChI=1S/CH2N2O4S/c4-1-2-7-8(5,6)3-1/h(H2,2,3,4). The van der Waals surface area contributed by atoms with Gasteiger partial charge in [0.15, 0.2) is 0 Å². The number of amides is 2. The second-order valence-electron chi connectivity index (χ2n) is 1.07. The zero-order chi connectivity index (χ0) is 6.20. The second-order valence-corrected chi connectivity index (χ2v) is 2.35. The van der Waals surface area contributed by atoms with Crippen molar-refractivity contribution in [1.82, 2.24) is 10.2 Å². The zero-order valence-corrected chi connectivity index (χ0v) is 4.36. The lowest BCUT2D eigenvalue weighted by molar-refractivity contribution is 0.207. The fourth-order valence-corrected chi connectivity index (χ4v) is 0.744. The zero-order valence-electron chi connectivity index (χ0n) is 3.54. The third-order valence-corrected chi connectivity index (χ3v) is 1.20. The van der Waals surface area contributed by atoms with Crippen LogP contribution in [-0.2, 0) is 14.6 Å². The molecule has 0 aliphatic carbocycles. The number of carbonyl (C=O) groups excluding carboxylic acids is 1. The van der Waals surface area contributed by atoms with E-state index in [4.69, 9.17) is 0 Å². The molecule has 0 aromatic carbocycles. The van der Waals surface area contributed by atoms with Crippen LogP contribution in [0.4, 0.5) is 4.79 Å². The highest BCUT2D eigenvalue weighted by Crippen LogP contribution is 1.89. The predicted octanol–water partition coefficient (Wildman–Crippen LogP) is -1.52. The Morgan fingerprint density at radius 2 is 2.12 bits per heavy atom. The van der Waals surface area contributed by atoms with Crippen molar-refractivity contribution in [3.8, 4) is 0 Å². The molecule has 0 bridgehead atoms. The molecule has 1 saturated heterocycles. The Kier molecular flexibility index (Phi) is 0.882. The predicted molar refractivity (Wildman–Crippen MR) is 21.7 cm³/mol. The number of rotatable bonds is 0. The quantitative estimate of drug-likeness (QED) is 0.425. The second kappa shape index (κ2) is 1.33. The maximum Gasteiger partial charge on any atom is 0.384 e. The van der Waals surface area contributed by atoms with Gasteiger partial charge in [0.25, 0.3) is 0 Å². The van der Waals surface area contributed by atoms with E-state index < -0.39 is 16.3 Å². The van der Waals surface area contributed by atoms with Gasteiger partial charge in [-0.25, -0.2) is 9.52 Å². The van der Waals surface area contributed by atoms with Gasteiger partial charge in [-0.2, -0.15) is 13.9 Å². The minimum absolute atomic E-state index is 0.870. The van der Waals surface area contributed by atoms with Gasteiger partial charge < -0.3 is 0 Å². The van der Waals surface area contributed by atoms with Crippen LogP contribution in [-0.4, -0.2) is 14.4 Å². The third-order valence-electron chi connectivity index (χ3n) is 0.462. The van der Waals surface area contributed by atoms with Gasteiger partial charge in [-0.15, -0.1) is 4.28 Å². The Morgan fingerprint density at radius 3 is 2.25 bits per heavy atom. The molecular weight excluding hydrogens is 136 g/mol. The number of urea groups is 1. The first-order chi connectivity index (χ1) is 3.60. The van der Waals surface area contributed by atoms with Crippen LogP contribution in [0.3, 0.4) is 0 Å². The lowest BCUT2D eigenvalue weighted by Crippen LogP contribution is -2.22. The summed E-state index contributed by atoms with van der Waals surface area (Å²) >= 11 is 0. The Bertz CT molecular complexity index is 204. The molecule has 1 aliphatic rings. The van der Waals surface area contributed by atoms with E-state index >= 15 is 0 Å². The summed E-state index contributed by atoms with van der Waals surface area (Å²) in [5, 5.41) is 0. The van der Waals surface area contributed by atoms with E-state index in [1.807, 2.05) is 0 Å². The van der Waals surface area contributed by atoms with Crippen molar-refractivity contribution in [3.63, 3.8) is 0 Å². The average molecular weight is 138 g/mol. The van der Waals surface area contributed by atoms with Crippen molar-refractivity contribution >= 4 is 16.3 Å². The van der Waals surface area contributed by atoms with Gasteiger partial charge in [0, 0.05) is 0 Å². The molecule has 1 heterocycles. The smallest absolute Gasteiger partial charge is 0.245 e. The van der Waals surface area contributed by atoms with Crippen LogP contribution in [0.15, 0.2) is 0 Å². The van der Waals surface area contributed by atoms with E-state index in [-0.39, 0.29) is 0 Å². The molecule has 2 amide bonds. The van der Waals surface area contributed by atoms with Crippen molar-refractivity contribution in [2.24, 2.45) is 0 Å². The molecule has 0 spiro atoms. The molecule has 1 aliphatic heterocycles. The summed E-state index contributed by atoms with van der Waals surface area (Å²) in [5.74, 6) is 0. The third kappa shape index (κ3) is 0.873. The Labute approximate surface area is 45.0 Å². The van der Waals surface area contributed by atoms with Crippen LogP contribution in [0.2, 0.25) is 0 Å². The fourth-order valence-electron chi connectivity index (χ4n) is 0.248. The van der Waals surface area contributed by atoms with Crippen molar-refractivity contribution in [1.29, 1.82) is 0 Å². The largest absolute Gasteiger partial charge is 0.384 e. The van der Waals surface area contributed by atoms with Gasteiger partial charge in [-0.1, -0.05) is 0 Å². The summed E-state index contributed by atoms with van der Waals surface area (Å²) in [6.07, 6.45) is 0. The number of carbonyl (C=O) groups is 1. The van der Waals surface area contributed by atoms with Gasteiger partial charge in [0.2, 0.25) is 0 Å². The molecular formula is CH2N2O4S. The molecule has 0 saturated carbocycles. The van der Waals surface area contributed by atoms with Crippen LogP contribution in [0.5, 0.6) is 0 Å². The molecule has 46 valence electrons. The van der Waals surface area contributed by atoms with E-state index in [2.05, 4.69) is 4.28 Å². The topological polar surface area (TPSA) is 84.5 Å². The van der Waals surface area contributed by atoms with E-state index in [1.54, 1.807) is 5.48 Å². The lowest BCUT2D eigenvalue weighted by atomic mass is 11.2. The number of nitrogens with one attached hydrogen (secondary N) is 2. The van der Waals surface area contributed by atoms with Crippen LogP contribution in [0.25, 0.3) is 0 Å². The van der Waals surface area contributed by atoms with Crippen molar-refractivity contribution in [2.45, 2.75) is 0 Å². The van der Waals surface area contributed by atoms with Gasteiger partial charge in [-0.05, 0) is 0 Å². The normalized spacial score (nSPS) is 24.2. The van der Waals surface area contributed by atoms with Crippen molar-refractivity contribution in [3.05, 3.63) is 0 Å². The van der Waals surface area contributed by atoms with Crippen LogP contribution < -0.4 is 10.2 Å². The van der Waals surface area contributed by atoms with E-state index in [0.717, 1.165) is 0 Å². The molecule has 0 unspecified atom stereocenters. The maximum atomic E-state index is 10.0. The summed E-state index contributed by atoms with van der Waals surface area (Å²) in [4.78, 5) is 9.93. The molecule has 0 atom stereocenters. The van der Waals surface area contributed by atoms with E-state index in [1.165, 1.54) is 4.72 Å². The molecule has 0 aromatic rings. The number of hydrogen-bond acceptors (Lipinski definition) is 4. The minimum Gasteiger partial charge on any atom is -0.245 e. The van der Waals surface area contributed by atoms with Gasteiger partial charge >= 0.3 is 16.3 Å². The maximum absolute atomic E-state index is 10.0. The minimum atomic E-state index is -3.81. The SMILES string of the molecule is O=C1NOS(=O)(=O)N1. The molecule has 8 heavy (non-hydrogen) atoms. The van der Waals surface area contributed by atoms with Gasteiger partial charge in [0.1, 0.15) is 0 Å². The highest BCUT2D eigenvalue weighted by molar-refractivity contribution is 7.85. The summed E-state index contributed by atoms with van der Waals surface area (Å²) in [7, 11) is -3.81. The Balaban J connectivity index is 2.86. The molecule has 0 aromatic heterocycles. The van der Waals surface area contributed by atoms with E-state index in [0.29, 0.717) is 0 Å². The highest BCUT2D eigenvalue weighted by atomic mass is 32.2. The number of hydroxylamine groups is 1. The monoisotopic (exact) mass is 138 g/mol. The average Bonchev–Trinajstić information content (AvgIpc) is 1.82. The molecule has 1 rings (SSSR count). The first kappa shape index (κ1) is 5.32. The summed E-state index contributed by atoms with van der Waals surface area (Å²) in [5.41, 5.74) is 1.57. The van der Waals surface area contributed by atoms with Gasteiger partial charge in [0.05, 0.1) is 0 Å². The molecule has 2 N–H and O–H groups in total. The first-order valence-electron chi connectivity index (χ1n) is 1.61. The first-order valence-corrected chi connectivity index (χ1v) is 3.02. The van der Waals surface area contributed by atoms with Crippen LogP contribution in [0.1, 0.15) is 0 Å². The Hall–Kier alpha value is -0.820. The molecule has 7 heteroatoms. The highest BCUT2D eigenvalue weighted by Gasteiger charge is 2.23.